The van der Waals surface area contributed by atoms with Crippen LogP contribution >= 0.6 is 22.6 Å². The van der Waals surface area contributed by atoms with Crippen LogP contribution in [-0.2, 0) is 4.74 Å². The van der Waals surface area contributed by atoms with E-state index in [2.05, 4.69) is 27.9 Å². The second-order valence-corrected chi connectivity index (χ2v) is 5.75. The molecule has 1 N–H and O–H groups in total. The van der Waals surface area contributed by atoms with E-state index in [0.717, 1.165) is 9.13 Å². The van der Waals surface area contributed by atoms with E-state index in [1.165, 1.54) is 7.11 Å². The van der Waals surface area contributed by atoms with Gasteiger partial charge in [-0.1, -0.05) is 11.6 Å². The minimum atomic E-state index is -0.475. The number of anilines is 1. The first kappa shape index (κ1) is 15.5. The summed E-state index contributed by atoms with van der Waals surface area (Å²) in [4.78, 5) is 24.0. The van der Waals surface area contributed by atoms with Gasteiger partial charge in [0, 0.05) is 9.13 Å². The predicted molar refractivity (Wildman–Crippen MR) is 89.6 cm³/mol. The molecule has 4 nitrogen and oxygen atoms in total. The molecule has 0 spiro atoms. The fourth-order valence-electron chi connectivity index (χ4n) is 1.84. The van der Waals surface area contributed by atoms with Crippen LogP contribution in [0.25, 0.3) is 0 Å². The summed E-state index contributed by atoms with van der Waals surface area (Å²) in [5.74, 6) is -0.739. The fraction of sp³-hybridized carbons (Fsp3) is 0.125. The summed E-state index contributed by atoms with van der Waals surface area (Å²) >= 11 is 2.17. The molecule has 2 aromatic carbocycles. The van der Waals surface area contributed by atoms with Crippen molar-refractivity contribution in [3.8, 4) is 0 Å². The van der Waals surface area contributed by atoms with Crippen LogP contribution in [-0.4, -0.2) is 19.0 Å². The zero-order valence-electron chi connectivity index (χ0n) is 11.6. The first-order chi connectivity index (χ1) is 10.0. The van der Waals surface area contributed by atoms with E-state index < -0.39 is 5.97 Å². The molecule has 5 heteroatoms. The molecule has 0 aromatic heterocycles. The minimum Gasteiger partial charge on any atom is -0.465 e. The summed E-state index contributed by atoms with van der Waals surface area (Å²) in [6.07, 6.45) is 0. The van der Waals surface area contributed by atoms with Crippen molar-refractivity contribution >= 4 is 40.2 Å². The smallest absolute Gasteiger partial charge is 0.339 e. The van der Waals surface area contributed by atoms with Gasteiger partial charge in [0.05, 0.1) is 18.4 Å². The molecule has 0 fully saturated rings. The quantitative estimate of drug-likeness (QED) is 0.638. The van der Waals surface area contributed by atoms with Crippen LogP contribution in [0.15, 0.2) is 42.5 Å². The van der Waals surface area contributed by atoms with Gasteiger partial charge in [0.25, 0.3) is 5.91 Å². The SMILES string of the molecule is COC(=O)c1cc(C)ccc1NC(=O)c1ccc(I)cc1. The number of hydrogen-bond acceptors (Lipinski definition) is 3. The second-order valence-electron chi connectivity index (χ2n) is 4.50. The number of halogens is 1. The lowest BCUT2D eigenvalue weighted by atomic mass is 10.1. The second kappa shape index (κ2) is 6.71. The van der Waals surface area contributed by atoms with Gasteiger partial charge < -0.3 is 10.1 Å². The molecule has 0 bridgehead atoms. The van der Waals surface area contributed by atoms with E-state index in [1.807, 2.05) is 25.1 Å². The molecule has 0 aliphatic heterocycles. The van der Waals surface area contributed by atoms with Crippen LogP contribution in [0.3, 0.4) is 0 Å². The van der Waals surface area contributed by atoms with Crippen molar-refractivity contribution in [3.05, 3.63) is 62.7 Å². The maximum absolute atomic E-state index is 12.2. The third-order valence-corrected chi connectivity index (χ3v) is 3.65. The number of hydrogen-bond donors (Lipinski definition) is 1. The van der Waals surface area contributed by atoms with E-state index in [-0.39, 0.29) is 5.91 Å². The van der Waals surface area contributed by atoms with Gasteiger partial charge in [0.2, 0.25) is 0 Å². The standard InChI is InChI=1S/C16H14INO3/c1-10-3-8-14(13(9-10)16(20)21-2)18-15(19)11-4-6-12(17)7-5-11/h3-9H,1-2H3,(H,18,19). The molecule has 2 rings (SSSR count). The van der Waals surface area contributed by atoms with E-state index in [4.69, 9.17) is 4.74 Å². The molecule has 2 aromatic rings. The number of benzene rings is 2. The molecule has 0 radical (unpaired) electrons. The van der Waals surface area contributed by atoms with Crippen LogP contribution in [0.4, 0.5) is 5.69 Å². The van der Waals surface area contributed by atoms with Gasteiger partial charge in [-0.3, -0.25) is 4.79 Å². The lowest BCUT2D eigenvalue weighted by Crippen LogP contribution is -2.15. The van der Waals surface area contributed by atoms with E-state index in [1.54, 1.807) is 24.3 Å². The number of ether oxygens (including phenoxy) is 1. The molecule has 108 valence electrons. The van der Waals surface area contributed by atoms with Gasteiger partial charge in [0.1, 0.15) is 0 Å². The van der Waals surface area contributed by atoms with Gasteiger partial charge in [-0.15, -0.1) is 0 Å². The maximum atomic E-state index is 12.2. The lowest BCUT2D eigenvalue weighted by molar-refractivity contribution is 0.0602. The number of carbonyl (C=O) groups excluding carboxylic acids is 2. The molecule has 21 heavy (non-hydrogen) atoms. The van der Waals surface area contributed by atoms with Crippen molar-refractivity contribution in [2.45, 2.75) is 6.92 Å². The zero-order chi connectivity index (χ0) is 15.4. The van der Waals surface area contributed by atoms with Crippen LogP contribution in [0.1, 0.15) is 26.3 Å². The Morgan fingerprint density at radius 2 is 1.76 bits per heavy atom. The maximum Gasteiger partial charge on any atom is 0.339 e. The summed E-state index contributed by atoms with van der Waals surface area (Å²) in [6.45, 7) is 1.87. The van der Waals surface area contributed by atoms with Crippen LogP contribution in [0, 0.1) is 10.5 Å². The first-order valence-corrected chi connectivity index (χ1v) is 7.35. The molecule has 0 aliphatic carbocycles. The normalized spacial score (nSPS) is 10.0. The third-order valence-electron chi connectivity index (χ3n) is 2.93. The summed E-state index contributed by atoms with van der Waals surface area (Å²) in [5, 5.41) is 2.75. The Morgan fingerprint density at radius 1 is 1.10 bits per heavy atom. The average molecular weight is 395 g/mol. The number of rotatable bonds is 3. The largest absolute Gasteiger partial charge is 0.465 e. The van der Waals surface area contributed by atoms with E-state index in [0.29, 0.717) is 16.8 Å². The van der Waals surface area contributed by atoms with Gasteiger partial charge >= 0.3 is 5.97 Å². The average Bonchev–Trinajstić information content (AvgIpc) is 2.48. The summed E-state index contributed by atoms with van der Waals surface area (Å²) in [6, 6.07) is 12.4. The Morgan fingerprint density at radius 3 is 2.38 bits per heavy atom. The molecule has 0 saturated heterocycles. The van der Waals surface area contributed by atoms with Gasteiger partial charge in [-0.2, -0.15) is 0 Å². The third kappa shape index (κ3) is 3.81. The van der Waals surface area contributed by atoms with Crippen molar-refractivity contribution < 1.29 is 14.3 Å². The van der Waals surface area contributed by atoms with Crippen molar-refractivity contribution in [1.82, 2.24) is 0 Å². The Balaban J connectivity index is 2.28. The molecule has 0 aliphatic rings. The van der Waals surface area contributed by atoms with Crippen molar-refractivity contribution in [3.63, 3.8) is 0 Å². The van der Waals surface area contributed by atoms with Crippen LogP contribution in [0.5, 0.6) is 0 Å². The summed E-state index contributed by atoms with van der Waals surface area (Å²) < 4.78 is 5.79. The minimum absolute atomic E-state index is 0.264. The highest BCUT2D eigenvalue weighted by Crippen LogP contribution is 2.19. The van der Waals surface area contributed by atoms with Crippen LogP contribution < -0.4 is 5.32 Å². The zero-order valence-corrected chi connectivity index (χ0v) is 13.8. The highest BCUT2D eigenvalue weighted by molar-refractivity contribution is 14.1. The molecule has 0 unspecified atom stereocenters. The molecular formula is C16H14INO3. The molecule has 0 heterocycles. The monoisotopic (exact) mass is 395 g/mol. The molecule has 0 saturated carbocycles. The molecular weight excluding hydrogens is 381 g/mol. The number of methoxy groups -OCH3 is 1. The van der Waals surface area contributed by atoms with Crippen molar-refractivity contribution in [1.29, 1.82) is 0 Å². The van der Waals surface area contributed by atoms with Gasteiger partial charge in [0.15, 0.2) is 0 Å². The van der Waals surface area contributed by atoms with Crippen molar-refractivity contribution in [2.75, 3.05) is 12.4 Å². The first-order valence-electron chi connectivity index (χ1n) is 6.27. The summed E-state index contributed by atoms with van der Waals surface area (Å²) in [5.41, 5.74) is 2.24. The van der Waals surface area contributed by atoms with E-state index >= 15 is 0 Å². The Labute approximate surface area is 136 Å². The number of carbonyl (C=O) groups is 2. The Bertz CT molecular complexity index is 680. The van der Waals surface area contributed by atoms with Crippen LogP contribution in [0.2, 0.25) is 0 Å². The highest BCUT2D eigenvalue weighted by Gasteiger charge is 2.15. The number of nitrogens with one attached hydrogen (secondary N) is 1. The predicted octanol–water partition coefficient (Wildman–Crippen LogP) is 3.64. The molecule has 1 amide bonds. The van der Waals surface area contributed by atoms with Gasteiger partial charge in [-0.25, -0.2) is 4.79 Å². The number of aryl methyl sites for hydroxylation is 1. The van der Waals surface area contributed by atoms with Gasteiger partial charge in [-0.05, 0) is 65.9 Å². The molecule has 0 atom stereocenters. The fourth-order valence-corrected chi connectivity index (χ4v) is 2.20. The number of amides is 1. The topological polar surface area (TPSA) is 55.4 Å². The lowest BCUT2D eigenvalue weighted by Gasteiger charge is -2.10. The Kier molecular flexibility index (Phi) is 4.95. The highest BCUT2D eigenvalue weighted by atomic mass is 127. The number of esters is 1. The summed E-state index contributed by atoms with van der Waals surface area (Å²) in [7, 11) is 1.31. The Hall–Kier alpha value is -1.89. The van der Waals surface area contributed by atoms with Crippen molar-refractivity contribution in [2.24, 2.45) is 0 Å². The van der Waals surface area contributed by atoms with E-state index in [9.17, 15) is 9.59 Å².